The Kier molecular flexibility index (Phi) is 5.63. The summed E-state index contributed by atoms with van der Waals surface area (Å²) in [7, 11) is 0. The first-order valence-electron chi connectivity index (χ1n) is 9.63. The molecule has 0 atom stereocenters. The van der Waals surface area contributed by atoms with Crippen molar-refractivity contribution in [3.8, 4) is 11.1 Å². The second-order valence-corrected chi connectivity index (χ2v) is 7.35. The quantitative estimate of drug-likeness (QED) is 0.498. The number of benzene rings is 1. The Hall–Kier alpha value is -3.45. The van der Waals surface area contributed by atoms with Gasteiger partial charge in [-0.15, -0.1) is 0 Å². The smallest absolute Gasteiger partial charge is 0.320 e. The number of rotatable bonds is 5. The molecule has 0 saturated heterocycles. The third-order valence-corrected chi connectivity index (χ3v) is 4.78. The summed E-state index contributed by atoms with van der Waals surface area (Å²) >= 11 is 6.21. The highest BCUT2D eigenvalue weighted by atomic mass is 35.5. The number of halogens is 1. The van der Waals surface area contributed by atoms with E-state index in [0.29, 0.717) is 29.6 Å². The number of anilines is 1. The third-order valence-electron chi connectivity index (χ3n) is 4.54. The van der Waals surface area contributed by atoms with Crippen LogP contribution in [0.4, 0.5) is 10.6 Å². The highest BCUT2D eigenvalue weighted by molar-refractivity contribution is 6.30. The molecule has 8 heteroatoms. The van der Waals surface area contributed by atoms with Gasteiger partial charge in [-0.1, -0.05) is 29.8 Å². The third kappa shape index (κ3) is 4.41. The van der Waals surface area contributed by atoms with Crippen molar-refractivity contribution < 1.29 is 4.79 Å². The van der Waals surface area contributed by atoms with Crippen LogP contribution in [0.15, 0.2) is 54.9 Å². The summed E-state index contributed by atoms with van der Waals surface area (Å²) in [4.78, 5) is 20.5. The maximum atomic E-state index is 11.6. The average Bonchev–Trinajstić information content (AvgIpc) is 3.09. The lowest BCUT2D eigenvalue weighted by Crippen LogP contribution is -2.28. The molecule has 0 bridgehead atoms. The molecule has 2 amide bonds. The van der Waals surface area contributed by atoms with E-state index in [1.807, 2.05) is 50.4 Å². The number of carbonyl (C=O) groups excluding carboxylic acids is 1. The lowest BCUT2D eigenvalue weighted by Gasteiger charge is -2.09. The normalized spacial score (nSPS) is 10.9. The van der Waals surface area contributed by atoms with Crippen molar-refractivity contribution in [2.45, 2.75) is 20.3 Å². The van der Waals surface area contributed by atoms with E-state index in [-0.39, 0.29) is 6.03 Å². The Bertz CT molecular complexity index is 1200. The lowest BCUT2D eigenvalue weighted by atomic mass is 10.0. The maximum absolute atomic E-state index is 11.6. The van der Waals surface area contributed by atoms with Crippen LogP contribution in [0, 0.1) is 6.92 Å². The van der Waals surface area contributed by atoms with E-state index < -0.39 is 0 Å². The number of aromatic nitrogens is 4. The fraction of sp³-hybridized carbons (Fsp3) is 0.182. The molecule has 0 aliphatic heterocycles. The fourth-order valence-corrected chi connectivity index (χ4v) is 3.46. The molecule has 0 fully saturated rings. The topological polar surface area (TPSA) is 84.2 Å². The van der Waals surface area contributed by atoms with Crippen LogP contribution in [0.1, 0.15) is 23.9 Å². The molecule has 4 aromatic rings. The van der Waals surface area contributed by atoms with Crippen LogP contribution in [0.5, 0.6) is 0 Å². The molecule has 0 spiro atoms. The van der Waals surface area contributed by atoms with Crippen LogP contribution in [0.25, 0.3) is 16.8 Å². The van der Waals surface area contributed by atoms with Gasteiger partial charge in [0.05, 0.1) is 0 Å². The van der Waals surface area contributed by atoms with Crippen molar-refractivity contribution in [1.29, 1.82) is 0 Å². The zero-order valence-electron chi connectivity index (χ0n) is 16.7. The van der Waals surface area contributed by atoms with Crippen LogP contribution in [-0.4, -0.2) is 32.2 Å². The predicted octanol–water partition coefficient (Wildman–Crippen LogP) is 4.49. The van der Waals surface area contributed by atoms with Gasteiger partial charge in [-0.25, -0.2) is 19.3 Å². The van der Waals surface area contributed by atoms with Gasteiger partial charge in [0.15, 0.2) is 5.65 Å². The molecular weight excluding hydrogens is 400 g/mol. The first-order chi connectivity index (χ1) is 14.5. The number of urea groups is 1. The van der Waals surface area contributed by atoms with E-state index in [4.69, 9.17) is 11.6 Å². The molecule has 1 aromatic carbocycles. The summed E-state index contributed by atoms with van der Waals surface area (Å²) in [6.45, 7) is 4.29. The van der Waals surface area contributed by atoms with Crippen LogP contribution in [-0.2, 0) is 6.42 Å². The molecule has 0 saturated carbocycles. The summed E-state index contributed by atoms with van der Waals surface area (Å²) in [6, 6.07) is 13.3. The zero-order chi connectivity index (χ0) is 21.1. The molecule has 0 aliphatic carbocycles. The molecule has 7 nitrogen and oxygen atoms in total. The first-order valence-corrected chi connectivity index (χ1v) is 10.0. The molecule has 2 N–H and O–H groups in total. The highest BCUT2D eigenvalue weighted by Crippen LogP contribution is 2.28. The number of nitrogens with zero attached hydrogens (tertiary/aromatic N) is 4. The molecule has 0 aliphatic rings. The van der Waals surface area contributed by atoms with Gasteiger partial charge in [-0.3, -0.25) is 5.32 Å². The van der Waals surface area contributed by atoms with Gasteiger partial charge in [-0.05, 0) is 54.8 Å². The number of hydrogen-bond acceptors (Lipinski definition) is 4. The molecule has 152 valence electrons. The van der Waals surface area contributed by atoms with Crippen LogP contribution in [0.3, 0.4) is 0 Å². The van der Waals surface area contributed by atoms with Crippen molar-refractivity contribution in [2.24, 2.45) is 0 Å². The number of hydrogen-bond donors (Lipinski definition) is 2. The van der Waals surface area contributed by atoms with E-state index in [1.165, 1.54) is 0 Å². The van der Waals surface area contributed by atoms with Gasteiger partial charge in [0.1, 0.15) is 11.6 Å². The Labute approximate surface area is 179 Å². The van der Waals surface area contributed by atoms with E-state index >= 15 is 0 Å². The number of aryl methyl sites for hydroxylation is 1. The van der Waals surface area contributed by atoms with Gasteiger partial charge in [0.25, 0.3) is 0 Å². The van der Waals surface area contributed by atoms with Crippen molar-refractivity contribution in [3.05, 3.63) is 76.8 Å². The average molecular weight is 421 g/mol. The second-order valence-electron chi connectivity index (χ2n) is 6.91. The van der Waals surface area contributed by atoms with Crippen LogP contribution < -0.4 is 10.6 Å². The van der Waals surface area contributed by atoms with Gasteiger partial charge in [0.2, 0.25) is 0 Å². The summed E-state index contributed by atoms with van der Waals surface area (Å²) in [5.41, 5.74) is 4.83. The summed E-state index contributed by atoms with van der Waals surface area (Å²) in [6.07, 6.45) is 4.40. The Morgan fingerprint density at radius 2 is 2.03 bits per heavy atom. The van der Waals surface area contributed by atoms with Crippen LogP contribution in [0.2, 0.25) is 5.02 Å². The molecule has 4 rings (SSSR count). The molecule has 3 heterocycles. The summed E-state index contributed by atoms with van der Waals surface area (Å²) in [5.74, 6) is 1.21. The fourth-order valence-electron chi connectivity index (χ4n) is 3.27. The predicted molar refractivity (Wildman–Crippen MR) is 118 cm³/mol. The Balaban J connectivity index is 1.64. The number of pyridine rings is 2. The molecule has 3 aromatic heterocycles. The highest BCUT2D eigenvalue weighted by Gasteiger charge is 2.12. The number of carbonyl (C=O) groups is 1. The van der Waals surface area contributed by atoms with Gasteiger partial charge in [0, 0.05) is 35.9 Å². The van der Waals surface area contributed by atoms with Gasteiger partial charge < -0.3 is 5.32 Å². The zero-order valence-corrected chi connectivity index (χ0v) is 17.4. The monoisotopic (exact) mass is 420 g/mol. The van der Waals surface area contributed by atoms with E-state index in [1.54, 1.807) is 16.8 Å². The Morgan fingerprint density at radius 1 is 1.17 bits per heavy atom. The standard InChI is InChI=1S/C22H21ClN6O/c1-3-24-22(30)27-20-8-7-15(12-25-20)9-16-10-19(17-5-4-6-18(23)11-17)21-26-14(2)28-29(21)13-16/h4-8,10-13H,3,9H2,1-2H3,(H2,24,25,27,30). The first kappa shape index (κ1) is 19.8. The molecule has 0 unspecified atom stereocenters. The minimum absolute atomic E-state index is 0.268. The SMILES string of the molecule is CCNC(=O)Nc1ccc(Cc2cc(-c3cccc(Cl)c3)c3nc(C)nn3c2)cn1. The second kappa shape index (κ2) is 8.51. The van der Waals surface area contributed by atoms with Gasteiger partial charge >= 0.3 is 6.03 Å². The maximum Gasteiger partial charge on any atom is 0.320 e. The van der Waals surface area contributed by atoms with Crippen molar-refractivity contribution in [3.63, 3.8) is 0 Å². The lowest BCUT2D eigenvalue weighted by molar-refractivity contribution is 0.252. The van der Waals surface area contributed by atoms with E-state index in [0.717, 1.165) is 27.9 Å². The summed E-state index contributed by atoms with van der Waals surface area (Å²) < 4.78 is 1.80. The number of fused-ring (bicyclic) bond motifs is 1. The minimum atomic E-state index is -0.268. The number of nitrogens with one attached hydrogen (secondary N) is 2. The molecule has 30 heavy (non-hydrogen) atoms. The van der Waals surface area contributed by atoms with Crippen LogP contribution >= 0.6 is 11.6 Å². The largest absolute Gasteiger partial charge is 0.338 e. The van der Waals surface area contributed by atoms with Crippen molar-refractivity contribution in [2.75, 3.05) is 11.9 Å². The van der Waals surface area contributed by atoms with Crippen molar-refractivity contribution in [1.82, 2.24) is 24.9 Å². The van der Waals surface area contributed by atoms with E-state index in [2.05, 4.69) is 31.8 Å². The van der Waals surface area contributed by atoms with E-state index in [9.17, 15) is 4.79 Å². The van der Waals surface area contributed by atoms with Crippen molar-refractivity contribution >= 4 is 29.1 Å². The summed E-state index contributed by atoms with van der Waals surface area (Å²) in [5, 5.41) is 10.5. The number of amides is 2. The minimum Gasteiger partial charge on any atom is -0.338 e. The van der Waals surface area contributed by atoms with Gasteiger partial charge in [-0.2, -0.15) is 5.10 Å². The molecule has 0 radical (unpaired) electrons. The molecular formula is C22H21ClN6O. The Morgan fingerprint density at radius 3 is 2.77 bits per heavy atom.